The van der Waals surface area contributed by atoms with Crippen LogP contribution >= 0.6 is 0 Å². The summed E-state index contributed by atoms with van der Waals surface area (Å²) < 4.78 is 16.4. The van der Waals surface area contributed by atoms with Crippen molar-refractivity contribution in [1.29, 1.82) is 0 Å². The molecule has 1 aromatic rings. The predicted octanol–water partition coefficient (Wildman–Crippen LogP) is 0.564. The number of hydrogen-bond donors (Lipinski definition) is 4. The summed E-state index contributed by atoms with van der Waals surface area (Å²) in [7, 11) is 1.58. The van der Waals surface area contributed by atoms with Gasteiger partial charge in [-0.05, 0) is 43.5 Å². The number of hydrogen-bond acceptors (Lipinski definition) is 7. The molecule has 10 nitrogen and oxygen atoms in total. The van der Waals surface area contributed by atoms with E-state index in [1.54, 1.807) is 31.4 Å². The molecule has 2 heterocycles. The average molecular weight is 451 g/mol. The fraction of sp³-hybridized carbons (Fsp3) is 0.636. The highest BCUT2D eigenvalue weighted by Gasteiger charge is 2.31. The van der Waals surface area contributed by atoms with Gasteiger partial charge in [0.15, 0.2) is 0 Å². The van der Waals surface area contributed by atoms with Gasteiger partial charge in [-0.15, -0.1) is 0 Å². The van der Waals surface area contributed by atoms with Crippen LogP contribution in [-0.4, -0.2) is 93.3 Å². The van der Waals surface area contributed by atoms with E-state index in [9.17, 15) is 14.7 Å². The van der Waals surface area contributed by atoms with Crippen LogP contribution in [0.25, 0.3) is 0 Å². The monoisotopic (exact) mass is 450 g/mol. The summed E-state index contributed by atoms with van der Waals surface area (Å²) in [6, 6.07) is 6.40. The molecule has 0 radical (unpaired) electrons. The van der Waals surface area contributed by atoms with E-state index in [-0.39, 0.29) is 30.7 Å². The molecule has 0 aromatic heterocycles. The van der Waals surface area contributed by atoms with Crippen molar-refractivity contribution in [3.8, 4) is 5.75 Å². The number of carbonyl (C=O) groups excluding carboxylic acids is 2. The third-order valence-corrected chi connectivity index (χ3v) is 5.72. The van der Waals surface area contributed by atoms with Crippen molar-refractivity contribution in [3.63, 3.8) is 0 Å². The molecular weight excluding hydrogens is 416 g/mol. The van der Waals surface area contributed by atoms with E-state index < -0.39 is 6.10 Å². The fourth-order valence-electron chi connectivity index (χ4n) is 3.91. The molecule has 32 heavy (non-hydrogen) atoms. The van der Waals surface area contributed by atoms with E-state index in [0.717, 1.165) is 19.5 Å². The summed E-state index contributed by atoms with van der Waals surface area (Å²) in [4.78, 5) is 26.5. The van der Waals surface area contributed by atoms with Crippen LogP contribution in [0.5, 0.6) is 5.75 Å². The molecule has 2 fully saturated rings. The number of amides is 3. The number of aliphatic hydroxyl groups excluding tert-OH is 1. The number of nitrogens with one attached hydrogen (secondary N) is 3. The van der Waals surface area contributed by atoms with Crippen LogP contribution in [0, 0.1) is 0 Å². The van der Waals surface area contributed by atoms with Gasteiger partial charge in [0.05, 0.1) is 45.6 Å². The Bertz CT molecular complexity index is 726. The minimum Gasteiger partial charge on any atom is -0.497 e. The molecule has 2 saturated heterocycles. The smallest absolute Gasteiger partial charge is 0.319 e. The number of benzene rings is 1. The van der Waals surface area contributed by atoms with Crippen LogP contribution in [0.2, 0.25) is 0 Å². The number of carbonyl (C=O) groups is 2. The Morgan fingerprint density at radius 3 is 2.62 bits per heavy atom. The number of nitrogens with zero attached hydrogens (tertiary/aromatic N) is 1. The highest BCUT2D eigenvalue weighted by molar-refractivity contribution is 5.89. The fourth-order valence-corrected chi connectivity index (χ4v) is 3.91. The topological polar surface area (TPSA) is 121 Å². The van der Waals surface area contributed by atoms with Crippen molar-refractivity contribution >= 4 is 17.6 Å². The Morgan fingerprint density at radius 2 is 1.94 bits per heavy atom. The maximum Gasteiger partial charge on any atom is 0.319 e. The molecule has 0 unspecified atom stereocenters. The first kappa shape index (κ1) is 24.2. The minimum atomic E-state index is -0.487. The third-order valence-electron chi connectivity index (χ3n) is 5.72. The molecule has 10 heteroatoms. The first-order valence-electron chi connectivity index (χ1n) is 11.1. The van der Waals surface area contributed by atoms with Crippen LogP contribution in [0.15, 0.2) is 24.3 Å². The number of ether oxygens (including phenoxy) is 3. The molecule has 3 rings (SSSR count). The van der Waals surface area contributed by atoms with Crippen LogP contribution < -0.4 is 20.7 Å². The van der Waals surface area contributed by atoms with Crippen molar-refractivity contribution in [1.82, 2.24) is 15.5 Å². The first-order chi connectivity index (χ1) is 15.6. The lowest BCUT2D eigenvalue weighted by molar-refractivity contribution is -0.123. The molecule has 2 aliphatic heterocycles. The minimum absolute atomic E-state index is 0.00355. The zero-order valence-corrected chi connectivity index (χ0v) is 18.5. The lowest BCUT2D eigenvalue weighted by Gasteiger charge is -2.36. The summed E-state index contributed by atoms with van der Waals surface area (Å²) in [6.45, 7) is 3.59. The van der Waals surface area contributed by atoms with Crippen molar-refractivity contribution in [2.24, 2.45) is 0 Å². The maximum atomic E-state index is 12.3. The molecule has 0 bridgehead atoms. The summed E-state index contributed by atoms with van der Waals surface area (Å²) in [6.07, 6.45) is 1.53. The van der Waals surface area contributed by atoms with Gasteiger partial charge in [0.25, 0.3) is 0 Å². The van der Waals surface area contributed by atoms with Gasteiger partial charge in [-0.25, -0.2) is 4.79 Å². The molecular formula is C22H34N4O6. The summed E-state index contributed by atoms with van der Waals surface area (Å²) in [5, 5.41) is 18.3. The molecule has 3 atom stereocenters. The zero-order valence-electron chi connectivity index (χ0n) is 18.5. The summed E-state index contributed by atoms with van der Waals surface area (Å²) >= 11 is 0. The van der Waals surface area contributed by atoms with Crippen LogP contribution in [0.1, 0.15) is 19.3 Å². The van der Waals surface area contributed by atoms with E-state index in [1.165, 1.54) is 0 Å². The molecule has 2 aliphatic rings. The molecule has 0 saturated carbocycles. The van der Waals surface area contributed by atoms with E-state index in [0.29, 0.717) is 50.6 Å². The van der Waals surface area contributed by atoms with Gasteiger partial charge in [-0.3, -0.25) is 9.69 Å². The van der Waals surface area contributed by atoms with E-state index in [4.69, 9.17) is 14.2 Å². The highest BCUT2D eigenvalue weighted by atomic mass is 16.5. The average Bonchev–Trinajstić information content (AvgIpc) is 2.81. The zero-order chi connectivity index (χ0) is 22.8. The quantitative estimate of drug-likeness (QED) is 0.434. The molecule has 0 aliphatic carbocycles. The summed E-state index contributed by atoms with van der Waals surface area (Å²) in [5.41, 5.74) is 0.645. The number of methoxy groups -OCH3 is 1. The Labute approximate surface area is 188 Å². The second-order valence-corrected chi connectivity index (χ2v) is 8.02. The predicted molar refractivity (Wildman–Crippen MR) is 119 cm³/mol. The number of morpholine rings is 1. The number of anilines is 1. The molecule has 178 valence electrons. The van der Waals surface area contributed by atoms with Gasteiger partial charge in [-0.1, -0.05) is 0 Å². The van der Waals surface area contributed by atoms with Crippen LogP contribution in [-0.2, 0) is 14.3 Å². The maximum absolute atomic E-state index is 12.3. The lowest BCUT2D eigenvalue weighted by atomic mass is 9.97. The number of urea groups is 1. The van der Waals surface area contributed by atoms with E-state index in [2.05, 4.69) is 20.9 Å². The standard InChI is InChI=1S/C22H34N4O6/c1-30-17-4-2-16(3-5-17)24-22(29)25-19-7-6-18(32-20(19)15-27)8-9-23-21(28)14-26-10-12-31-13-11-26/h2-5,18-20,27H,6-15H2,1H3,(H,23,28)(H2,24,25,29)/t18-,19-,20+/m0/s1. The Kier molecular flexibility index (Phi) is 9.54. The van der Waals surface area contributed by atoms with Gasteiger partial charge in [0, 0.05) is 25.3 Å². The van der Waals surface area contributed by atoms with Gasteiger partial charge >= 0.3 is 6.03 Å². The normalized spacial score (nSPS) is 23.9. The first-order valence-corrected chi connectivity index (χ1v) is 11.1. The molecule has 1 aromatic carbocycles. The van der Waals surface area contributed by atoms with Crippen molar-refractivity contribution in [2.45, 2.75) is 37.5 Å². The lowest BCUT2D eigenvalue weighted by Crippen LogP contribution is -2.52. The van der Waals surface area contributed by atoms with E-state index in [1.807, 2.05) is 0 Å². The largest absolute Gasteiger partial charge is 0.497 e. The SMILES string of the molecule is COc1ccc(NC(=O)N[C@H]2CC[C@@H](CCNC(=O)CN3CCOCC3)O[C@@H]2CO)cc1. The van der Waals surface area contributed by atoms with Crippen molar-refractivity contribution in [2.75, 3.05) is 58.4 Å². The molecule has 4 N–H and O–H groups in total. The van der Waals surface area contributed by atoms with Gasteiger partial charge in [-0.2, -0.15) is 0 Å². The van der Waals surface area contributed by atoms with Gasteiger partial charge in [0.1, 0.15) is 11.9 Å². The Morgan fingerprint density at radius 1 is 1.19 bits per heavy atom. The van der Waals surface area contributed by atoms with Crippen molar-refractivity contribution < 1.29 is 28.9 Å². The third kappa shape index (κ3) is 7.63. The Hall–Kier alpha value is -2.40. The highest BCUT2D eigenvalue weighted by Crippen LogP contribution is 2.22. The van der Waals surface area contributed by atoms with Crippen LogP contribution in [0.4, 0.5) is 10.5 Å². The van der Waals surface area contributed by atoms with E-state index >= 15 is 0 Å². The van der Waals surface area contributed by atoms with Gasteiger partial charge in [0.2, 0.25) is 5.91 Å². The van der Waals surface area contributed by atoms with Gasteiger partial charge < -0.3 is 35.3 Å². The number of aliphatic hydroxyl groups is 1. The molecule has 3 amide bonds. The van der Waals surface area contributed by atoms with Crippen molar-refractivity contribution in [3.05, 3.63) is 24.3 Å². The summed E-state index contributed by atoms with van der Waals surface area (Å²) in [5.74, 6) is 0.705. The molecule has 0 spiro atoms. The van der Waals surface area contributed by atoms with Crippen LogP contribution in [0.3, 0.4) is 0 Å². The Balaban J connectivity index is 1.36. The second-order valence-electron chi connectivity index (χ2n) is 8.02. The number of rotatable bonds is 9. The second kappa shape index (κ2) is 12.6.